The van der Waals surface area contributed by atoms with E-state index in [9.17, 15) is 13.2 Å². The lowest BCUT2D eigenvalue weighted by molar-refractivity contribution is 0.0980. The van der Waals surface area contributed by atoms with Crippen molar-refractivity contribution in [3.8, 4) is 17.6 Å². The number of hydrogen-bond donors (Lipinski definition) is 1. The van der Waals surface area contributed by atoms with Crippen LogP contribution < -0.4 is 14.2 Å². The zero-order valence-corrected chi connectivity index (χ0v) is 14.2. The molecule has 0 spiro atoms. The molecule has 128 valence electrons. The van der Waals surface area contributed by atoms with Gasteiger partial charge in [0, 0.05) is 5.56 Å². The Bertz CT molecular complexity index is 998. The second kappa shape index (κ2) is 6.63. The van der Waals surface area contributed by atoms with Crippen molar-refractivity contribution in [1.29, 1.82) is 5.26 Å². The van der Waals surface area contributed by atoms with Crippen LogP contribution in [-0.2, 0) is 10.0 Å². The summed E-state index contributed by atoms with van der Waals surface area (Å²) in [6, 6.07) is 9.83. The van der Waals surface area contributed by atoms with E-state index in [0.29, 0.717) is 19.0 Å². The van der Waals surface area contributed by atoms with Gasteiger partial charge in [0.15, 0.2) is 11.5 Å². The number of hydrogen-bond acceptors (Lipinski definition) is 6. The van der Waals surface area contributed by atoms with Crippen LogP contribution in [0.25, 0.3) is 0 Å². The van der Waals surface area contributed by atoms with Gasteiger partial charge in [-0.15, -0.1) is 0 Å². The minimum Gasteiger partial charge on any atom is -0.486 e. The standard InChI is InChI=1S/C16H11ClN2O5S/c17-13-7-11(8-14-15(13)24-5-4-23-14)16(20)19-25(21,22)12-3-1-2-10(6-12)9-18/h1-3,6-8H,4-5H2,(H,19,20). The third kappa shape index (κ3) is 3.52. The number of rotatable bonds is 3. The van der Waals surface area contributed by atoms with Crippen molar-refractivity contribution in [2.45, 2.75) is 4.90 Å². The molecule has 0 unspecified atom stereocenters. The Morgan fingerprint density at radius 3 is 2.72 bits per heavy atom. The highest BCUT2D eigenvalue weighted by atomic mass is 35.5. The molecular weight excluding hydrogens is 368 g/mol. The van der Waals surface area contributed by atoms with Crippen LogP contribution in [0.15, 0.2) is 41.3 Å². The maximum absolute atomic E-state index is 12.3. The number of nitriles is 1. The molecule has 1 N–H and O–H groups in total. The molecule has 0 atom stereocenters. The first kappa shape index (κ1) is 17.1. The van der Waals surface area contributed by atoms with Crippen LogP contribution >= 0.6 is 11.6 Å². The van der Waals surface area contributed by atoms with Crippen molar-refractivity contribution in [2.75, 3.05) is 13.2 Å². The van der Waals surface area contributed by atoms with E-state index in [4.69, 9.17) is 26.3 Å². The molecule has 2 aromatic rings. The summed E-state index contributed by atoms with van der Waals surface area (Å²) in [5.74, 6) is -0.289. The zero-order chi connectivity index (χ0) is 18.0. The number of halogens is 1. The molecule has 0 fully saturated rings. The van der Waals surface area contributed by atoms with Crippen LogP contribution in [0.1, 0.15) is 15.9 Å². The average molecular weight is 379 g/mol. The largest absolute Gasteiger partial charge is 0.486 e. The van der Waals surface area contributed by atoms with Crippen molar-refractivity contribution in [3.63, 3.8) is 0 Å². The first-order chi connectivity index (χ1) is 11.9. The van der Waals surface area contributed by atoms with Gasteiger partial charge in [0.1, 0.15) is 13.2 Å². The lowest BCUT2D eigenvalue weighted by Crippen LogP contribution is -2.30. The first-order valence-corrected chi connectivity index (χ1v) is 8.93. The Kier molecular flexibility index (Phi) is 4.53. The van der Waals surface area contributed by atoms with Gasteiger partial charge in [-0.25, -0.2) is 13.1 Å². The number of carbonyl (C=O) groups is 1. The first-order valence-electron chi connectivity index (χ1n) is 7.07. The van der Waals surface area contributed by atoms with Gasteiger partial charge >= 0.3 is 0 Å². The molecule has 1 amide bonds. The molecule has 1 heterocycles. The molecule has 0 radical (unpaired) electrons. The number of benzene rings is 2. The maximum atomic E-state index is 12.3. The summed E-state index contributed by atoms with van der Waals surface area (Å²) < 4.78 is 37.3. The molecule has 0 saturated carbocycles. The second-order valence-corrected chi connectivity index (χ2v) is 7.15. The molecule has 3 rings (SSSR count). The monoisotopic (exact) mass is 378 g/mol. The lowest BCUT2D eigenvalue weighted by Gasteiger charge is -2.20. The van der Waals surface area contributed by atoms with Gasteiger partial charge in [0.2, 0.25) is 0 Å². The van der Waals surface area contributed by atoms with E-state index >= 15 is 0 Å². The molecule has 0 saturated heterocycles. The van der Waals surface area contributed by atoms with E-state index in [1.165, 1.54) is 36.4 Å². The number of fused-ring (bicyclic) bond motifs is 1. The SMILES string of the molecule is N#Cc1cccc(S(=O)(=O)NC(=O)c2cc(Cl)c3c(c2)OCCO3)c1. The number of sulfonamides is 1. The molecule has 1 aliphatic heterocycles. The van der Waals surface area contributed by atoms with Gasteiger partial charge in [0.25, 0.3) is 15.9 Å². The summed E-state index contributed by atoms with van der Waals surface area (Å²) in [5, 5.41) is 9.00. The summed E-state index contributed by atoms with van der Waals surface area (Å²) in [6.45, 7) is 0.634. The van der Waals surface area contributed by atoms with Crippen molar-refractivity contribution in [3.05, 3.63) is 52.5 Å². The molecular formula is C16H11ClN2O5S. The van der Waals surface area contributed by atoms with E-state index in [-0.39, 0.29) is 26.8 Å². The molecule has 9 heteroatoms. The highest BCUT2D eigenvalue weighted by Crippen LogP contribution is 2.38. The summed E-state index contributed by atoms with van der Waals surface area (Å²) in [5.41, 5.74) is 0.173. The Balaban J connectivity index is 1.89. The van der Waals surface area contributed by atoms with Crippen molar-refractivity contribution in [1.82, 2.24) is 4.72 Å². The normalized spacial score (nSPS) is 13.0. The molecule has 7 nitrogen and oxygen atoms in total. The van der Waals surface area contributed by atoms with Crippen LogP contribution in [0.5, 0.6) is 11.5 Å². The summed E-state index contributed by atoms with van der Waals surface area (Å²) >= 11 is 6.05. The fourth-order valence-electron chi connectivity index (χ4n) is 2.21. The minimum atomic E-state index is -4.14. The topological polar surface area (TPSA) is 105 Å². The van der Waals surface area contributed by atoms with E-state index in [2.05, 4.69) is 0 Å². The predicted octanol–water partition coefficient (Wildman–Crippen LogP) is 2.10. The van der Waals surface area contributed by atoms with Gasteiger partial charge < -0.3 is 9.47 Å². The number of nitrogens with one attached hydrogen (secondary N) is 1. The van der Waals surface area contributed by atoms with Crippen molar-refractivity contribution < 1.29 is 22.7 Å². The van der Waals surface area contributed by atoms with Crippen LogP contribution in [-0.4, -0.2) is 27.5 Å². The van der Waals surface area contributed by atoms with Gasteiger partial charge in [-0.3, -0.25) is 4.79 Å². The van der Waals surface area contributed by atoms with Crippen LogP contribution in [0, 0.1) is 11.3 Å². The average Bonchev–Trinajstić information content (AvgIpc) is 2.61. The quantitative estimate of drug-likeness (QED) is 0.876. The van der Waals surface area contributed by atoms with Crippen LogP contribution in [0.4, 0.5) is 0 Å². The third-order valence-corrected chi connectivity index (χ3v) is 4.97. The lowest BCUT2D eigenvalue weighted by atomic mass is 10.2. The molecule has 0 bridgehead atoms. The van der Waals surface area contributed by atoms with Gasteiger partial charge in [0.05, 0.1) is 21.6 Å². The summed E-state index contributed by atoms with van der Waals surface area (Å²) in [6.07, 6.45) is 0. The minimum absolute atomic E-state index is 0.00858. The van der Waals surface area contributed by atoms with E-state index < -0.39 is 15.9 Å². The fourth-order valence-corrected chi connectivity index (χ4v) is 3.50. The predicted molar refractivity (Wildman–Crippen MR) is 88.3 cm³/mol. The van der Waals surface area contributed by atoms with Gasteiger partial charge in [-0.1, -0.05) is 17.7 Å². The zero-order valence-electron chi connectivity index (χ0n) is 12.7. The van der Waals surface area contributed by atoms with Crippen molar-refractivity contribution in [2.24, 2.45) is 0 Å². The van der Waals surface area contributed by atoms with E-state index in [0.717, 1.165) is 0 Å². The Morgan fingerprint density at radius 1 is 1.20 bits per heavy atom. The highest BCUT2D eigenvalue weighted by Gasteiger charge is 2.23. The molecule has 0 aliphatic carbocycles. The van der Waals surface area contributed by atoms with Crippen LogP contribution in [0.3, 0.4) is 0 Å². The molecule has 2 aromatic carbocycles. The van der Waals surface area contributed by atoms with Gasteiger partial charge in [-0.05, 0) is 30.3 Å². The second-order valence-electron chi connectivity index (χ2n) is 5.06. The van der Waals surface area contributed by atoms with Gasteiger partial charge in [-0.2, -0.15) is 5.26 Å². The Hall–Kier alpha value is -2.76. The molecule has 1 aliphatic rings. The highest BCUT2D eigenvalue weighted by molar-refractivity contribution is 7.90. The fraction of sp³-hybridized carbons (Fsp3) is 0.125. The Morgan fingerprint density at radius 2 is 1.96 bits per heavy atom. The summed E-state index contributed by atoms with van der Waals surface area (Å²) in [7, 11) is -4.14. The van der Waals surface area contributed by atoms with E-state index in [1.54, 1.807) is 0 Å². The van der Waals surface area contributed by atoms with Crippen molar-refractivity contribution >= 4 is 27.5 Å². The van der Waals surface area contributed by atoms with E-state index in [1.807, 2.05) is 10.8 Å². The number of amides is 1. The Labute approximate surface area is 148 Å². The molecule has 0 aromatic heterocycles. The molecule has 25 heavy (non-hydrogen) atoms. The smallest absolute Gasteiger partial charge is 0.265 e. The third-order valence-electron chi connectivity index (χ3n) is 3.36. The number of carbonyl (C=O) groups excluding carboxylic acids is 1. The summed E-state index contributed by atoms with van der Waals surface area (Å²) in [4.78, 5) is 12.1. The maximum Gasteiger partial charge on any atom is 0.265 e. The van der Waals surface area contributed by atoms with Crippen LogP contribution in [0.2, 0.25) is 5.02 Å². The number of nitrogens with zero attached hydrogens (tertiary/aromatic N) is 1. The number of ether oxygens (including phenoxy) is 2.